The van der Waals surface area contributed by atoms with Gasteiger partial charge in [0.1, 0.15) is 49.0 Å². The molecule has 10 N–H and O–H groups in total. The summed E-state index contributed by atoms with van der Waals surface area (Å²) in [5.41, 5.74) is 0.919. The molecule has 0 aliphatic rings. The van der Waals surface area contributed by atoms with Crippen LogP contribution in [0, 0.1) is 0 Å². The summed E-state index contributed by atoms with van der Waals surface area (Å²) in [6.45, 7) is -2.31. The second-order valence-corrected chi connectivity index (χ2v) is 8.33. The summed E-state index contributed by atoms with van der Waals surface area (Å²) in [6, 6.07) is 7.13. The van der Waals surface area contributed by atoms with E-state index in [-0.39, 0.29) is 26.2 Å². The van der Waals surface area contributed by atoms with Crippen molar-refractivity contribution >= 4 is 12.6 Å². The Morgan fingerprint density at radius 3 is 1.65 bits per heavy atom. The fraction of sp³-hybridized carbons (Fsp3) is 0.714. The van der Waals surface area contributed by atoms with Crippen molar-refractivity contribution in [2.45, 2.75) is 54.6 Å². The molecule has 12 nitrogen and oxygen atoms in total. The highest BCUT2D eigenvalue weighted by Gasteiger charge is 2.34. The summed E-state index contributed by atoms with van der Waals surface area (Å²) in [5, 5.41) is 97.3. The van der Waals surface area contributed by atoms with Crippen LogP contribution in [0.1, 0.15) is 5.56 Å². The molecule has 1 rings (SSSR count). The van der Waals surface area contributed by atoms with Crippen molar-refractivity contribution in [3.63, 3.8) is 0 Å². The van der Waals surface area contributed by atoms with E-state index in [0.717, 1.165) is 5.56 Å². The molecule has 34 heavy (non-hydrogen) atoms. The maximum atomic E-state index is 10.3. The van der Waals surface area contributed by atoms with Crippen molar-refractivity contribution in [3.8, 4) is 5.75 Å². The molecule has 1 aromatic rings. The second-order valence-electron chi connectivity index (χ2n) is 8.01. The number of thiol groups is 1. The molecule has 198 valence electrons. The minimum atomic E-state index is -1.85. The summed E-state index contributed by atoms with van der Waals surface area (Å²) in [5.74, 6) is 1.04. The number of benzene rings is 1. The SMILES string of the molecule is OC[C@@H](O)[C@@H](O)[C@H](O)[C@H](O)CN(CCOc1cccc(CS)c1)C[C@@H](O)[C@@H](O)[C@H](O)[C@H](O)CO. The van der Waals surface area contributed by atoms with Crippen LogP contribution in [0.3, 0.4) is 0 Å². The van der Waals surface area contributed by atoms with E-state index in [4.69, 9.17) is 14.9 Å². The van der Waals surface area contributed by atoms with Crippen molar-refractivity contribution in [1.29, 1.82) is 0 Å². The topological polar surface area (TPSA) is 215 Å². The molecular weight excluding hydrogens is 474 g/mol. The van der Waals surface area contributed by atoms with Crippen LogP contribution >= 0.6 is 12.6 Å². The molecule has 13 heteroatoms. The number of aliphatic hydroxyl groups excluding tert-OH is 10. The van der Waals surface area contributed by atoms with Crippen molar-refractivity contribution in [1.82, 2.24) is 4.90 Å². The fourth-order valence-electron chi connectivity index (χ4n) is 3.15. The summed E-state index contributed by atoms with van der Waals surface area (Å²) in [4.78, 5) is 1.36. The van der Waals surface area contributed by atoms with Crippen LogP contribution in [0.5, 0.6) is 5.75 Å². The van der Waals surface area contributed by atoms with Crippen LogP contribution in [-0.4, -0.2) is 144 Å². The first-order valence-electron chi connectivity index (χ1n) is 10.8. The Kier molecular flexibility index (Phi) is 14.4. The van der Waals surface area contributed by atoms with Crippen molar-refractivity contribution in [3.05, 3.63) is 29.8 Å². The van der Waals surface area contributed by atoms with Gasteiger partial charge in [-0.3, -0.25) is 4.90 Å². The first-order valence-corrected chi connectivity index (χ1v) is 11.4. The van der Waals surface area contributed by atoms with Gasteiger partial charge in [-0.15, -0.1) is 0 Å². The molecule has 0 aromatic heterocycles. The average molecular weight is 512 g/mol. The standard InChI is InChI=1S/C21H37NO11S/c23-9-16(27)20(31)18(29)14(25)7-22(8-15(26)19(30)21(32)17(28)10-24)4-5-33-13-3-1-2-12(6-13)11-34/h1-3,6,14-21,23-32,34H,4-5,7-11H2/t14-,15-,16-,17-,18-,19-,20-,21-/m1/s1. The molecule has 0 spiro atoms. The van der Waals surface area contributed by atoms with Crippen molar-refractivity contribution in [2.75, 3.05) is 39.5 Å². The zero-order valence-electron chi connectivity index (χ0n) is 18.7. The van der Waals surface area contributed by atoms with Crippen LogP contribution < -0.4 is 4.74 Å². The lowest BCUT2D eigenvalue weighted by Crippen LogP contribution is -2.53. The third-order valence-electron chi connectivity index (χ3n) is 5.30. The van der Waals surface area contributed by atoms with Gasteiger partial charge in [0.05, 0.1) is 25.4 Å². The third kappa shape index (κ3) is 9.89. The van der Waals surface area contributed by atoms with Crippen LogP contribution in [0.15, 0.2) is 24.3 Å². The molecule has 1 aromatic carbocycles. The van der Waals surface area contributed by atoms with Gasteiger partial charge in [0, 0.05) is 25.4 Å². The van der Waals surface area contributed by atoms with Gasteiger partial charge in [-0.1, -0.05) is 12.1 Å². The van der Waals surface area contributed by atoms with Gasteiger partial charge in [0.2, 0.25) is 0 Å². The van der Waals surface area contributed by atoms with Crippen molar-refractivity contribution in [2.24, 2.45) is 0 Å². The van der Waals surface area contributed by atoms with Crippen LogP contribution in [0.4, 0.5) is 0 Å². The Hall–Kier alpha value is -1.07. The van der Waals surface area contributed by atoms with E-state index in [1.165, 1.54) is 4.90 Å². The van der Waals surface area contributed by atoms with Gasteiger partial charge in [-0.2, -0.15) is 12.6 Å². The zero-order chi connectivity index (χ0) is 25.8. The van der Waals surface area contributed by atoms with Gasteiger partial charge in [-0.25, -0.2) is 0 Å². The van der Waals surface area contributed by atoms with E-state index in [2.05, 4.69) is 12.6 Å². The van der Waals surface area contributed by atoms with Crippen LogP contribution in [-0.2, 0) is 5.75 Å². The lowest BCUT2D eigenvalue weighted by molar-refractivity contribution is -0.130. The summed E-state index contributed by atoms with van der Waals surface area (Å²) in [7, 11) is 0. The highest BCUT2D eigenvalue weighted by molar-refractivity contribution is 7.79. The lowest BCUT2D eigenvalue weighted by atomic mass is 10.0. The Morgan fingerprint density at radius 2 is 1.21 bits per heavy atom. The lowest BCUT2D eigenvalue weighted by Gasteiger charge is -2.33. The third-order valence-corrected chi connectivity index (χ3v) is 5.66. The van der Waals surface area contributed by atoms with E-state index in [0.29, 0.717) is 11.5 Å². The molecule has 0 saturated carbocycles. The molecule has 0 amide bonds. The molecular formula is C21H37NO11S. The molecule has 0 fully saturated rings. The number of rotatable bonds is 17. The van der Waals surface area contributed by atoms with E-state index in [1.807, 2.05) is 6.07 Å². The largest absolute Gasteiger partial charge is 0.492 e. The number of aliphatic hydroxyl groups is 10. The number of hydrogen-bond donors (Lipinski definition) is 11. The molecule has 0 aliphatic heterocycles. The Labute approximate surface area is 203 Å². The normalized spacial score (nSPS) is 19.2. The smallest absolute Gasteiger partial charge is 0.119 e. The van der Waals surface area contributed by atoms with Gasteiger partial charge in [-0.05, 0) is 17.7 Å². The minimum absolute atomic E-state index is 0.0469. The molecule has 0 unspecified atom stereocenters. The summed E-state index contributed by atoms with van der Waals surface area (Å²) < 4.78 is 5.66. The maximum absolute atomic E-state index is 10.3. The first kappa shape index (κ1) is 31.0. The summed E-state index contributed by atoms with van der Waals surface area (Å²) in [6.07, 6.45) is -14.0. The number of hydrogen-bond acceptors (Lipinski definition) is 13. The van der Waals surface area contributed by atoms with E-state index in [1.54, 1.807) is 18.2 Å². The molecule has 8 atom stereocenters. The molecule has 0 heterocycles. The van der Waals surface area contributed by atoms with Crippen molar-refractivity contribution < 1.29 is 55.8 Å². The Bertz CT molecular complexity index is 658. The van der Waals surface area contributed by atoms with E-state index in [9.17, 15) is 40.9 Å². The number of nitrogens with zero attached hydrogens (tertiary/aromatic N) is 1. The first-order chi connectivity index (χ1) is 16.0. The highest BCUT2D eigenvalue weighted by atomic mass is 32.1. The molecule has 0 bridgehead atoms. The highest BCUT2D eigenvalue weighted by Crippen LogP contribution is 2.15. The average Bonchev–Trinajstić information content (AvgIpc) is 2.85. The fourth-order valence-corrected chi connectivity index (χ4v) is 3.35. The van der Waals surface area contributed by atoms with E-state index >= 15 is 0 Å². The molecule has 0 aliphatic carbocycles. The van der Waals surface area contributed by atoms with E-state index < -0.39 is 62.0 Å². The Balaban J connectivity index is 2.85. The second kappa shape index (κ2) is 15.8. The van der Waals surface area contributed by atoms with Gasteiger partial charge >= 0.3 is 0 Å². The van der Waals surface area contributed by atoms with Crippen LogP contribution in [0.2, 0.25) is 0 Å². The van der Waals surface area contributed by atoms with Crippen LogP contribution in [0.25, 0.3) is 0 Å². The van der Waals surface area contributed by atoms with Gasteiger partial charge in [0.15, 0.2) is 0 Å². The number of ether oxygens (including phenoxy) is 1. The Morgan fingerprint density at radius 1 is 0.735 bits per heavy atom. The monoisotopic (exact) mass is 511 g/mol. The zero-order valence-corrected chi connectivity index (χ0v) is 19.5. The quantitative estimate of drug-likeness (QED) is 0.0896. The minimum Gasteiger partial charge on any atom is -0.492 e. The predicted molar refractivity (Wildman–Crippen MR) is 123 cm³/mol. The summed E-state index contributed by atoms with van der Waals surface area (Å²) >= 11 is 4.20. The predicted octanol–water partition coefficient (Wildman–Crippen LogP) is -4.33. The van der Waals surface area contributed by atoms with Gasteiger partial charge < -0.3 is 55.8 Å². The van der Waals surface area contributed by atoms with Gasteiger partial charge in [0.25, 0.3) is 0 Å². The maximum Gasteiger partial charge on any atom is 0.119 e. The molecule has 0 radical (unpaired) electrons. The molecule has 0 saturated heterocycles.